The molecule has 0 aromatic rings. The lowest BCUT2D eigenvalue weighted by Gasteiger charge is -2.45. The number of nitrogens with one attached hydrogen (secondary N) is 1. The molecular weight excluding hydrogens is 360 g/mol. The van der Waals surface area contributed by atoms with E-state index in [0.717, 1.165) is 52.0 Å². The highest BCUT2D eigenvalue weighted by atomic mass is 16.5. The third-order valence-corrected chi connectivity index (χ3v) is 6.62. The van der Waals surface area contributed by atoms with Crippen LogP contribution in [0.2, 0.25) is 0 Å². The zero-order chi connectivity index (χ0) is 19.3. The number of fused-ring (bicyclic) bond motifs is 1. The average Bonchev–Trinajstić information content (AvgIpc) is 3.50. The van der Waals surface area contributed by atoms with Crippen molar-refractivity contribution in [2.75, 3.05) is 46.1 Å². The summed E-state index contributed by atoms with van der Waals surface area (Å²) in [6, 6.07) is 0.253. The van der Waals surface area contributed by atoms with Crippen LogP contribution in [-0.4, -0.2) is 86.3 Å². The quantitative estimate of drug-likeness (QED) is 0.696. The van der Waals surface area contributed by atoms with E-state index in [1.54, 1.807) is 0 Å². The molecule has 0 radical (unpaired) electrons. The van der Waals surface area contributed by atoms with E-state index in [0.29, 0.717) is 38.0 Å². The summed E-state index contributed by atoms with van der Waals surface area (Å²) in [5.41, 5.74) is 0. The van der Waals surface area contributed by atoms with Gasteiger partial charge in [-0.15, -0.1) is 0 Å². The number of β-amino-alcohol motifs (C(OH)–C–C–N with tert-alkyl or cyclic N) is 1. The van der Waals surface area contributed by atoms with Crippen molar-refractivity contribution < 1.29 is 24.1 Å². The Morgan fingerprint density at radius 2 is 1.82 bits per heavy atom. The van der Waals surface area contributed by atoms with Crippen LogP contribution in [0.25, 0.3) is 0 Å². The Labute approximate surface area is 168 Å². The zero-order valence-corrected chi connectivity index (χ0v) is 16.9. The summed E-state index contributed by atoms with van der Waals surface area (Å²) in [6.45, 7) is 4.96. The highest BCUT2D eigenvalue weighted by Gasteiger charge is 2.38. The zero-order valence-electron chi connectivity index (χ0n) is 16.9. The van der Waals surface area contributed by atoms with Crippen molar-refractivity contribution in [3.63, 3.8) is 0 Å². The molecule has 1 saturated carbocycles. The molecule has 0 bridgehead atoms. The first-order chi connectivity index (χ1) is 13.7. The second-order valence-corrected chi connectivity index (χ2v) is 9.09. The molecule has 4 fully saturated rings. The Bertz CT molecular complexity index is 509. The molecular formula is C21H36N2O5. The standard InChI is InChI=1S/C21H36N2O5/c24-17-12-23(11-16-5-7-26-8-6-16)19-4-3-18(28-20(19)14-27-13-17)9-21(25)22-10-15-1-2-15/h15-20,24H,1-14H2,(H,22,25)/t17-,18-,19+,20-/m0/s1. The predicted octanol–water partition coefficient (Wildman–Crippen LogP) is 0.939. The second-order valence-electron chi connectivity index (χ2n) is 9.09. The van der Waals surface area contributed by atoms with Crippen LogP contribution in [0, 0.1) is 11.8 Å². The molecule has 28 heavy (non-hydrogen) atoms. The van der Waals surface area contributed by atoms with E-state index in [1.807, 2.05) is 0 Å². The molecule has 4 aliphatic rings. The summed E-state index contributed by atoms with van der Waals surface area (Å²) >= 11 is 0. The number of carbonyl (C=O) groups is 1. The molecule has 0 aromatic carbocycles. The van der Waals surface area contributed by atoms with Crippen LogP contribution in [0.4, 0.5) is 0 Å². The van der Waals surface area contributed by atoms with Gasteiger partial charge in [0.15, 0.2) is 0 Å². The predicted molar refractivity (Wildman–Crippen MR) is 104 cm³/mol. The van der Waals surface area contributed by atoms with E-state index in [1.165, 1.54) is 12.8 Å². The Balaban J connectivity index is 1.32. The van der Waals surface area contributed by atoms with Crippen LogP contribution in [0.3, 0.4) is 0 Å². The van der Waals surface area contributed by atoms with Gasteiger partial charge in [0.2, 0.25) is 5.91 Å². The number of aliphatic hydroxyl groups excluding tert-OH is 1. The first kappa shape index (κ1) is 20.5. The van der Waals surface area contributed by atoms with Crippen LogP contribution in [0.15, 0.2) is 0 Å². The molecule has 4 atom stereocenters. The van der Waals surface area contributed by atoms with Gasteiger partial charge in [-0.1, -0.05) is 0 Å². The van der Waals surface area contributed by atoms with Gasteiger partial charge in [-0.05, 0) is 50.4 Å². The van der Waals surface area contributed by atoms with Gasteiger partial charge in [0, 0.05) is 38.9 Å². The summed E-state index contributed by atoms with van der Waals surface area (Å²) in [5, 5.41) is 13.3. The molecule has 1 aliphatic carbocycles. The summed E-state index contributed by atoms with van der Waals surface area (Å²) in [5.74, 6) is 1.43. The summed E-state index contributed by atoms with van der Waals surface area (Å²) in [4.78, 5) is 14.6. The highest BCUT2D eigenvalue weighted by Crippen LogP contribution is 2.30. The summed E-state index contributed by atoms with van der Waals surface area (Å²) in [7, 11) is 0. The van der Waals surface area contributed by atoms with Crippen molar-refractivity contribution in [2.24, 2.45) is 11.8 Å². The lowest BCUT2D eigenvalue weighted by Crippen LogP contribution is -2.57. The molecule has 3 saturated heterocycles. The number of hydrogen-bond donors (Lipinski definition) is 2. The van der Waals surface area contributed by atoms with E-state index >= 15 is 0 Å². The molecule has 4 rings (SSSR count). The monoisotopic (exact) mass is 396 g/mol. The van der Waals surface area contributed by atoms with E-state index in [-0.39, 0.29) is 24.2 Å². The maximum atomic E-state index is 12.2. The van der Waals surface area contributed by atoms with Crippen LogP contribution < -0.4 is 5.32 Å². The topological polar surface area (TPSA) is 80.3 Å². The van der Waals surface area contributed by atoms with Crippen molar-refractivity contribution in [3.05, 3.63) is 0 Å². The number of carbonyl (C=O) groups excluding carboxylic acids is 1. The Hall–Kier alpha value is -0.730. The maximum Gasteiger partial charge on any atom is 0.222 e. The van der Waals surface area contributed by atoms with Crippen molar-refractivity contribution in [2.45, 2.75) is 69.3 Å². The van der Waals surface area contributed by atoms with E-state index in [9.17, 15) is 9.90 Å². The smallest absolute Gasteiger partial charge is 0.222 e. The van der Waals surface area contributed by atoms with Gasteiger partial charge in [-0.3, -0.25) is 9.69 Å². The van der Waals surface area contributed by atoms with Crippen molar-refractivity contribution in [1.82, 2.24) is 10.2 Å². The van der Waals surface area contributed by atoms with Gasteiger partial charge in [0.1, 0.15) is 0 Å². The number of amides is 1. The number of nitrogens with zero attached hydrogens (tertiary/aromatic N) is 1. The Morgan fingerprint density at radius 3 is 2.61 bits per heavy atom. The minimum atomic E-state index is -0.452. The molecule has 2 N–H and O–H groups in total. The number of rotatable bonds is 6. The SMILES string of the molecule is O=C(C[C@@H]1CC[C@@H]2[C@H](COC[C@@H](O)CN2CC2CCOCC2)O1)NCC1CC1. The van der Waals surface area contributed by atoms with E-state index < -0.39 is 6.10 Å². The fraction of sp³-hybridized carbons (Fsp3) is 0.952. The third-order valence-electron chi connectivity index (χ3n) is 6.62. The van der Waals surface area contributed by atoms with Gasteiger partial charge in [0.05, 0.1) is 37.9 Å². The van der Waals surface area contributed by atoms with Gasteiger partial charge in [0.25, 0.3) is 0 Å². The summed E-state index contributed by atoms with van der Waals surface area (Å²) < 4.78 is 17.6. The van der Waals surface area contributed by atoms with Crippen LogP contribution >= 0.6 is 0 Å². The third kappa shape index (κ3) is 5.89. The molecule has 3 aliphatic heterocycles. The van der Waals surface area contributed by atoms with E-state index in [2.05, 4.69) is 10.2 Å². The largest absolute Gasteiger partial charge is 0.389 e. The van der Waals surface area contributed by atoms with Gasteiger partial charge < -0.3 is 24.6 Å². The molecule has 0 unspecified atom stereocenters. The molecule has 3 heterocycles. The lowest BCUT2D eigenvalue weighted by molar-refractivity contribution is -0.159. The Morgan fingerprint density at radius 1 is 1.00 bits per heavy atom. The molecule has 1 amide bonds. The first-order valence-corrected chi connectivity index (χ1v) is 11.2. The van der Waals surface area contributed by atoms with Crippen LogP contribution in [0.5, 0.6) is 0 Å². The van der Waals surface area contributed by atoms with E-state index in [4.69, 9.17) is 14.2 Å². The van der Waals surface area contributed by atoms with Crippen LogP contribution in [0.1, 0.15) is 44.9 Å². The molecule has 0 spiro atoms. The fourth-order valence-corrected chi connectivity index (χ4v) is 4.78. The maximum absolute atomic E-state index is 12.2. The first-order valence-electron chi connectivity index (χ1n) is 11.2. The van der Waals surface area contributed by atoms with Crippen molar-refractivity contribution in [1.29, 1.82) is 0 Å². The number of ether oxygens (including phenoxy) is 3. The Kier molecular flexibility index (Phi) is 7.22. The molecule has 7 nitrogen and oxygen atoms in total. The number of hydrogen-bond acceptors (Lipinski definition) is 6. The minimum Gasteiger partial charge on any atom is -0.389 e. The normalized spacial score (nSPS) is 35.6. The number of aliphatic hydroxyl groups is 1. The fourth-order valence-electron chi connectivity index (χ4n) is 4.78. The van der Waals surface area contributed by atoms with Crippen molar-refractivity contribution in [3.8, 4) is 0 Å². The van der Waals surface area contributed by atoms with Crippen molar-refractivity contribution >= 4 is 5.91 Å². The molecule has 7 heteroatoms. The molecule has 160 valence electrons. The second kappa shape index (κ2) is 9.85. The van der Waals surface area contributed by atoms with Gasteiger partial charge in [-0.25, -0.2) is 0 Å². The summed E-state index contributed by atoms with van der Waals surface area (Å²) in [6.07, 6.45) is 6.48. The van der Waals surface area contributed by atoms with Gasteiger partial charge >= 0.3 is 0 Å². The van der Waals surface area contributed by atoms with Gasteiger partial charge in [-0.2, -0.15) is 0 Å². The average molecular weight is 397 g/mol. The minimum absolute atomic E-state index is 0.0256. The highest BCUT2D eigenvalue weighted by molar-refractivity contribution is 5.76. The lowest BCUT2D eigenvalue weighted by atomic mass is 9.92. The molecule has 0 aromatic heterocycles. The van der Waals surface area contributed by atoms with Crippen LogP contribution in [-0.2, 0) is 19.0 Å².